The maximum absolute atomic E-state index is 11.0. The number of carbonyl (C=O) groups excluding carboxylic acids is 1. The van der Waals surface area contributed by atoms with Crippen LogP contribution in [-0.4, -0.2) is 12.0 Å². The molecule has 15 heavy (non-hydrogen) atoms. The van der Waals surface area contributed by atoms with Crippen LogP contribution in [0.15, 0.2) is 42.0 Å². The fourth-order valence-electron chi connectivity index (χ4n) is 1.98. The van der Waals surface area contributed by atoms with Crippen molar-refractivity contribution in [3.05, 3.63) is 47.6 Å². The Bertz CT molecular complexity index is 514. The van der Waals surface area contributed by atoms with E-state index in [1.807, 2.05) is 24.3 Å². The van der Waals surface area contributed by atoms with E-state index >= 15 is 0 Å². The molecule has 1 aliphatic carbocycles. The zero-order valence-corrected chi connectivity index (χ0v) is 7.94. The maximum atomic E-state index is 11.0. The summed E-state index contributed by atoms with van der Waals surface area (Å²) in [4.78, 5) is 11.0. The molecule has 2 aliphatic rings. The monoisotopic (exact) mass is 199 g/mol. The normalized spacial score (nSPS) is 21.2. The highest BCUT2D eigenvalue weighted by atomic mass is 16.5. The van der Waals surface area contributed by atoms with Gasteiger partial charge in [0.05, 0.1) is 0 Å². The van der Waals surface area contributed by atoms with Gasteiger partial charge in [-0.25, -0.2) is 0 Å². The Morgan fingerprint density at radius 2 is 2.13 bits per heavy atom. The summed E-state index contributed by atoms with van der Waals surface area (Å²) in [6.07, 6.45) is 3.43. The number of amides is 1. The van der Waals surface area contributed by atoms with Crippen molar-refractivity contribution in [1.82, 2.24) is 0 Å². The van der Waals surface area contributed by atoms with Gasteiger partial charge < -0.3 is 10.5 Å². The largest absolute Gasteiger partial charge is 0.481 e. The van der Waals surface area contributed by atoms with Crippen molar-refractivity contribution in [3.63, 3.8) is 0 Å². The van der Waals surface area contributed by atoms with E-state index in [1.165, 1.54) is 0 Å². The van der Waals surface area contributed by atoms with Crippen LogP contribution in [0.2, 0.25) is 0 Å². The minimum Gasteiger partial charge on any atom is -0.481 e. The number of hydrogen-bond acceptors (Lipinski definition) is 2. The lowest BCUT2D eigenvalue weighted by atomic mass is 10.1. The van der Waals surface area contributed by atoms with E-state index in [4.69, 9.17) is 10.5 Å². The van der Waals surface area contributed by atoms with Gasteiger partial charge in [-0.1, -0.05) is 18.2 Å². The molecule has 0 bridgehead atoms. The van der Waals surface area contributed by atoms with Gasteiger partial charge in [0, 0.05) is 16.7 Å². The molecule has 0 fully saturated rings. The summed E-state index contributed by atoms with van der Waals surface area (Å²) < 4.78 is 5.66. The van der Waals surface area contributed by atoms with Gasteiger partial charge in [-0.15, -0.1) is 0 Å². The van der Waals surface area contributed by atoms with Crippen molar-refractivity contribution in [2.24, 2.45) is 5.73 Å². The molecule has 0 aromatic heterocycles. The molecule has 1 amide bonds. The van der Waals surface area contributed by atoms with Crippen LogP contribution in [-0.2, 0) is 4.79 Å². The average Bonchev–Trinajstić information content (AvgIpc) is 2.73. The second kappa shape index (κ2) is 2.73. The first-order valence-electron chi connectivity index (χ1n) is 4.75. The van der Waals surface area contributed by atoms with Crippen LogP contribution in [0, 0.1) is 0 Å². The molecular formula is C12H9NO2. The summed E-state index contributed by atoms with van der Waals surface area (Å²) in [6.45, 7) is 0. The molecule has 1 aliphatic heterocycles. The fourth-order valence-corrected chi connectivity index (χ4v) is 1.98. The van der Waals surface area contributed by atoms with Gasteiger partial charge in [0.25, 0.3) is 0 Å². The predicted octanol–water partition coefficient (Wildman–Crippen LogP) is 1.26. The Labute approximate surface area is 86.8 Å². The van der Waals surface area contributed by atoms with Gasteiger partial charge in [-0.05, 0) is 18.2 Å². The molecule has 0 radical (unpaired) electrons. The van der Waals surface area contributed by atoms with Crippen molar-refractivity contribution in [2.45, 2.75) is 6.10 Å². The van der Waals surface area contributed by atoms with E-state index in [0.29, 0.717) is 5.57 Å². The molecular weight excluding hydrogens is 190 g/mol. The Morgan fingerprint density at radius 3 is 2.93 bits per heavy atom. The summed E-state index contributed by atoms with van der Waals surface area (Å²) >= 11 is 0. The van der Waals surface area contributed by atoms with Crippen LogP contribution < -0.4 is 10.5 Å². The summed E-state index contributed by atoms with van der Waals surface area (Å²) in [5, 5.41) is 0. The van der Waals surface area contributed by atoms with Gasteiger partial charge >= 0.3 is 0 Å². The van der Waals surface area contributed by atoms with Gasteiger partial charge in [-0.2, -0.15) is 0 Å². The van der Waals surface area contributed by atoms with Crippen LogP contribution in [0.25, 0.3) is 5.57 Å². The Kier molecular flexibility index (Phi) is 1.51. The van der Waals surface area contributed by atoms with Gasteiger partial charge in [0.1, 0.15) is 11.9 Å². The minimum absolute atomic E-state index is 0.134. The Hall–Kier alpha value is -2.03. The molecule has 3 rings (SSSR count). The van der Waals surface area contributed by atoms with Crippen LogP contribution in [0.1, 0.15) is 5.56 Å². The first-order chi connectivity index (χ1) is 7.25. The molecule has 3 heteroatoms. The highest BCUT2D eigenvalue weighted by Crippen LogP contribution is 2.41. The molecule has 1 aromatic carbocycles. The number of para-hydroxylation sites is 1. The van der Waals surface area contributed by atoms with Crippen LogP contribution >= 0.6 is 0 Å². The summed E-state index contributed by atoms with van der Waals surface area (Å²) in [5.41, 5.74) is 7.82. The third-order valence-electron chi connectivity index (χ3n) is 2.68. The van der Waals surface area contributed by atoms with E-state index in [2.05, 4.69) is 0 Å². The number of nitrogens with two attached hydrogens (primary N) is 1. The molecule has 1 heterocycles. The van der Waals surface area contributed by atoms with Gasteiger partial charge in [0.2, 0.25) is 5.91 Å². The molecule has 74 valence electrons. The minimum atomic E-state index is -0.405. The number of fused-ring (bicyclic) bond motifs is 3. The van der Waals surface area contributed by atoms with Gasteiger partial charge in [-0.3, -0.25) is 4.79 Å². The standard InChI is InChI=1S/C12H9NO2/c13-12(14)7-5-9-8-3-1-2-4-10(8)15-11(9)6-7/h1-6,11H,(H2,13,14). The number of carbonyl (C=O) groups is 1. The Balaban J connectivity index is 2.08. The number of ether oxygens (including phenoxy) is 1. The lowest BCUT2D eigenvalue weighted by Gasteiger charge is -2.02. The Morgan fingerprint density at radius 1 is 1.33 bits per heavy atom. The molecule has 0 saturated carbocycles. The fraction of sp³-hybridized carbons (Fsp3) is 0.0833. The topological polar surface area (TPSA) is 52.3 Å². The highest BCUT2D eigenvalue weighted by Gasteiger charge is 2.31. The molecule has 1 aromatic rings. The summed E-state index contributed by atoms with van der Waals surface area (Å²) in [6, 6.07) is 7.79. The number of hydrogen-bond donors (Lipinski definition) is 1. The first-order valence-corrected chi connectivity index (χ1v) is 4.75. The molecule has 3 nitrogen and oxygen atoms in total. The van der Waals surface area contributed by atoms with Crippen LogP contribution in [0.5, 0.6) is 5.75 Å². The van der Waals surface area contributed by atoms with Crippen LogP contribution in [0.4, 0.5) is 0 Å². The second-order valence-electron chi connectivity index (χ2n) is 3.62. The predicted molar refractivity (Wildman–Crippen MR) is 56.1 cm³/mol. The number of primary amides is 1. The summed E-state index contributed by atoms with van der Waals surface area (Å²) in [5.74, 6) is 0.464. The van der Waals surface area contributed by atoms with E-state index in [0.717, 1.165) is 16.9 Å². The number of benzene rings is 1. The summed E-state index contributed by atoms with van der Waals surface area (Å²) in [7, 11) is 0. The van der Waals surface area contributed by atoms with Crippen molar-refractivity contribution < 1.29 is 9.53 Å². The SMILES string of the molecule is NC(=O)C1=CC2Oc3ccccc3C2=C1. The zero-order valence-electron chi connectivity index (χ0n) is 7.94. The van der Waals surface area contributed by atoms with Crippen molar-refractivity contribution >= 4 is 11.5 Å². The van der Waals surface area contributed by atoms with Gasteiger partial charge in [0.15, 0.2) is 0 Å². The third-order valence-corrected chi connectivity index (χ3v) is 2.68. The van der Waals surface area contributed by atoms with E-state index < -0.39 is 5.91 Å². The molecule has 0 spiro atoms. The van der Waals surface area contributed by atoms with Crippen molar-refractivity contribution in [2.75, 3.05) is 0 Å². The number of rotatable bonds is 1. The second-order valence-corrected chi connectivity index (χ2v) is 3.62. The quantitative estimate of drug-likeness (QED) is 0.740. The third kappa shape index (κ3) is 1.09. The van der Waals surface area contributed by atoms with E-state index in [-0.39, 0.29) is 6.10 Å². The lowest BCUT2D eigenvalue weighted by Crippen LogP contribution is -2.12. The van der Waals surface area contributed by atoms with E-state index in [9.17, 15) is 4.79 Å². The molecule has 1 atom stereocenters. The van der Waals surface area contributed by atoms with E-state index in [1.54, 1.807) is 12.2 Å². The molecule has 0 saturated heterocycles. The zero-order chi connectivity index (χ0) is 10.4. The smallest absolute Gasteiger partial charge is 0.248 e. The van der Waals surface area contributed by atoms with Crippen molar-refractivity contribution in [3.8, 4) is 5.75 Å². The lowest BCUT2D eigenvalue weighted by molar-refractivity contribution is -0.114. The molecule has 2 N–H and O–H groups in total. The molecule has 1 unspecified atom stereocenters. The van der Waals surface area contributed by atoms with Crippen LogP contribution in [0.3, 0.4) is 0 Å². The maximum Gasteiger partial charge on any atom is 0.248 e. The average molecular weight is 199 g/mol. The van der Waals surface area contributed by atoms with Crippen molar-refractivity contribution in [1.29, 1.82) is 0 Å². The highest BCUT2D eigenvalue weighted by molar-refractivity contribution is 6.01. The first kappa shape index (κ1) is 8.29.